The van der Waals surface area contributed by atoms with E-state index in [1.165, 1.54) is 109 Å². The predicted octanol–water partition coefficient (Wildman–Crippen LogP) is 7.89. The van der Waals surface area contributed by atoms with Gasteiger partial charge in [-0.3, -0.25) is 4.79 Å². The maximum absolute atomic E-state index is 9.99. The molecule has 0 fully saturated rings. The van der Waals surface area contributed by atoms with Crippen molar-refractivity contribution in [2.24, 2.45) is 5.73 Å². The van der Waals surface area contributed by atoms with Crippen molar-refractivity contribution in [2.45, 2.75) is 129 Å². The van der Waals surface area contributed by atoms with E-state index < -0.39 is 11.9 Å². The van der Waals surface area contributed by atoms with Crippen molar-refractivity contribution in [3.63, 3.8) is 0 Å². The maximum Gasteiger partial charge on any atom is 0.330 e. The second kappa shape index (κ2) is 31.4. The minimum Gasteiger partial charge on any atom is -0.478 e. The van der Waals surface area contributed by atoms with Crippen LogP contribution in [0.15, 0.2) is 24.8 Å². The summed E-state index contributed by atoms with van der Waals surface area (Å²) < 4.78 is 0. The van der Waals surface area contributed by atoms with Crippen molar-refractivity contribution in [2.75, 3.05) is 20.6 Å². The molecule has 0 unspecified atom stereocenters. The van der Waals surface area contributed by atoms with Crippen molar-refractivity contribution in [1.29, 1.82) is 0 Å². The van der Waals surface area contributed by atoms with Crippen LogP contribution in [0.5, 0.6) is 0 Å². The molecular formula is C29H58N2O3. The molecule has 0 aromatic heterocycles. The van der Waals surface area contributed by atoms with E-state index in [-0.39, 0.29) is 0 Å². The third kappa shape index (κ3) is 40.7. The van der Waals surface area contributed by atoms with E-state index in [0.717, 1.165) is 12.5 Å². The first-order valence-corrected chi connectivity index (χ1v) is 13.7. The minimum atomic E-state index is -0.883. The molecule has 202 valence electrons. The van der Waals surface area contributed by atoms with E-state index >= 15 is 0 Å². The third-order valence-corrected chi connectivity index (χ3v) is 5.51. The molecule has 0 bridgehead atoms. The van der Waals surface area contributed by atoms with Gasteiger partial charge in [0.2, 0.25) is 5.91 Å². The van der Waals surface area contributed by atoms with Crippen LogP contribution in [0.1, 0.15) is 129 Å². The number of rotatable bonds is 21. The van der Waals surface area contributed by atoms with Crippen molar-refractivity contribution in [3.05, 3.63) is 24.8 Å². The Kier molecular flexibility index (Phi) is 34.1. The molecule has 0 saturated carbocycles. The lowest BCUT2D eigenvalue weighted by molar-refractivity contribution is -0.132. The summed E-state index contributed by atoms with van der Waals surface area (Å²) in [6.07, 6.45) is 25.8. The maximum atomic E-state index is 9.99. The number of primary amides is 1. The van der Waals surface area contributed by atoms with Crippen molar-refractivity contribution >= 4 is 11.9 Å². The van der Waals surface area contributed by atoms with E-state index in [9.17, 15) is 9.59 Å². The normalized spacial score (nSPS) is 10.0. The first-order valence-electron chi connectivity index (χ1n) is 13.7. The lowest BCUT2D eigenvalue weighted by Gasteiger charge is -2.08. The zero-order chi connectivity index (χ0) is 26.5. The topological polar surface area (TPSA) is 83.6 Å². The smallest absolute Gasteiger partial charge is 0.330 e. The Balaban J connectivity index is -0.000000603. The van der Waals surface area contributed by atoms with Gasteiger partial charge in [0.1, 0.15) is 0 Å². The van der Waals surface area contributed by atoms with Gasteiger partial charge in [-0.05, 0) is 39.6 Å². The predicted molar refractivity (Wildman–Crippen MR) is 149 cm³/mol. The molecule has 0 heterocycles. The van der Waals surface area contributed by atoms with Crippen LogP contribution >= 0.6 is 0 Å². The van der Waals surface area contributed by atoms with Crippen LogP contribution in [-0.2, 0) is 9.59 Å². The van der Waals surface area contributed by atoms with E-state index in [2.05, 4.69) is 44.8 Å². The highest BCUT2D eigenvalue weighted by atomic mass is 16.4. The molecule has 0 atom stereocenters. The molecule has 5 nitrogen and oxygen atoms in total. The van der Waals surface area contributed by atoms with E-state index in [0.29, 0.717) is 12.0 Å². The molecule has 1 amide bonds. The van der Waals surface area contributed by atoms with E-state index in [1.54, 1.807) is 0 Å². The number of unbranched alkanes of at least 4 members (excludes halogenated alkanes) is 15. The minimum absolute atomic E-state index is 0.299. The Morgan fingerprint density at radius 3 is 1.26 bits per heavy atom. The summed E-state index contributed by atoms with van der Waals surface area (Å²) in [6, 6.07) is 0. The number of carboxylic acids is 1. The average molecular weight is 483 g/mol. The van der Waals surface area contributed by atoms with Crippen LogP contribution in [-0.4, -0.2) is 42.5 Å². The van der Waals surface area contributed by atoms with Gasteiger partial charge in [-0.2, -0.15) is 0 Å². The fraction of sp³-hybridized carbons (Fsp3) is 0.793. The van der Waals surface area contributed by atoms with Gasteiger partial charge >= 0.3 is 5.97 Å². The number of carbonyl (C=O) groups excluding carboxylic acids is 1. The zero-order valence-corrected chi connectivity index (χ0v) is 23.2. The second-order valence-corrected chi connectivity index (χ2v) is 9.37. The molecule has 0 rings (SSSR count). The number of amides is 1. The molecule has 0 saturated heterocycles. The summed E-state index contributed by atoms with van der Waals surface area (Å²) in [5.74, 6) is -1.36. The summed E-state index contributed by atoms with van der Waals surface area (Å²) in [7, 11) is 4.34. The van der Waals surface area contributed by atoms with Crippen LogP contribution in [0.2, 0.25) is 0 Å². The number of carboxylic acid groups (broad SMARTS) is 1. The molecule has 34 heavy (non-hydrogen) atoms. The van der Waals surface area contributed by atoms with Gasteiger partial charge < -0.3 is 15.7 Å². The fourth-order valence-corrected chi connectivity index (χ4v) is 3.38. The van der Waals surface area contributed by atoms with Crippen LogP contribution in [0.25, 0.3) is 0 Å². The van der Waals surface area contributed by atoms with Crippen LogP contribution < -0.4 is 5.73 Å². The molecule has 0 radical (unpaired) electrons. The Bertz CT molecular complexity index is 476. The largest absolute Gasteiger partial charge is 0.478 e. The summed E-state index contributed by atoms with van der Waals surface area (Å²) in [5, 5.41) is 8.21. The average Bonchev–Trinajstić information content (AvgIpc) is 2.79. The number of hydrogen-bond acceptors (Lipinski definition) is 3. The number of nitrogens with two attached hydrogens (primary N) is 1. The second-order valence-electron chi connectivity index (χ2n) is 9.37. The lowest BCUT2D eigenvalue weighted by atomic mass is 10.0. The highest BCUT2D eigenvalue weighted by molar-refractivity contribution is 5.85. The monoisotopic (exact) mass is 482 g/mol. The van der Waals surface area contributed by atoms with Crippen molar-refractivity contribution < 1.29 is 14.7 Å². The van der Waals surface area contributed by atoms with Gasteiger partial charge in [0.05, 0.1) is 0 Å². The molecule has 0 aromatic carbocycles. The standard InChI is InChI=1S/C20H43N.C6H10O2.C3H5NO/c1-4-5-6-7-8-9-10-11-12-13-14-15-16-17-18-19-20-21(2)3;1-3-4-5(2)6(7)8;1-2-3(4)5/h4-20H2,1-3H3;2-4H2,1H3,(H,7,8);2H,1H2,(H2,4,5). The lowest BCUT2D eigenvalue weighted by Crippen LogP contribution is -2.12. The quantitative estimate of drug-likeness (QED) is 0.129. The SMILES string of the molecule is C=C(CCC)C(=O)O.C=CC(N)=O.CCCCCCCCCCCCCCCCCCN(C)C. The molecule has 0 aromatic rings. The Labute approximate surface area is 212 Å². The van der Waals surface area contributed by atoms with Crippen molar-refractivity contribution in [3.8, 4) is 0 Å². The summed E-state index contributed by atoms with van der Waals surface area (Å²) in [6.45, 7) is 11.9. The third-order valence-electron chi connectivity index (χ3n) is 5.51. The number of aliphatic carboxylic acids is 1. The molecule has 0 spiro atoms. The van der Waals surface area contributed by atoms with E-state index in [4.69, 9.17) is 5.11 Å². The van der Waals surface area contributed by atoms with Gasteiger partial charge in [0.15, 0.2) is 0 Å². The molecule has 5 heteroatoms. The highest BCUT2D eigenvalue weighted by Crippen LogP contribution is 2.13. The Morgan fingerprint density at radius 2 is 1.06 bits per heavy atom. The zero-order valence-electron chi connectivity index (χ0n) is 23.2. The Hall–Kier alpha value is -1.62. The van der Waals surface area contributed by atoms with Crippen LogP contribution in [0.4, 0.5) is 0 Å². The van der Waals surface area contributed by atoms with Crippen molar-refractivity contribution in [1.82, 2.24) is 4.90 Å². The van der Waals surface area contributed by atoms with Gasteiger partial charge in [-0.15, -0.1) is 0 Å². The van der Waals surface area contributed by atoms with Gasteiger partial charge in [0, 0.05) is 5.57 Å². The molecule has 3 N–H and O–H groups in total. The Morgan fingerprint density at radius 1 is 0.735 bits per heavy atom. The van der Waals surface area contributed by atoms with Crippen LogP contribution in [0, 0.1) is 0 Å². The summed E-state index contributed by atoms with van der Waals surface area (Å²) >= 11 is 0. The van der Waals surface area contributed by atoms with Gasteiger partial charge in [0.25, 0.3) is 0 Å². The highest BCUT2D eigenvalue weighted by Gasteiger charge is 1.99. The first kappa shape index (κ1) is 36.9. The summed E-state index contributed by atoms with van der Waals surface area (Å²) in [4.78, 5) is 21.8. The number of nitrogens with zero attached hydrogens (tertiary/aromatic N) is 1. The molecule has 0 aliphatic heterocycles. The summed E-state index contributed by atoms with van der Waals surface area (Å²) in [5.41, 5.74) is 4.83. The fourth-order valence-electron chi connectivity index (χ4n) is 3.38. The first-order chi connectivity index (χ1) is 16.2. The van der Waals surface area contributed by atoms with Gasteiger partial charge in [-0.25, -0.2) is 4.79 Å². The van der Waals surface area contributed by atoms with E-state index in [1.807, 2.05) is 6.92 Å². The number of hydrogen-bond donors (Lipinski definition) is 2. The molecular weight excluding hydrogens is 424 g/mol. The molecule has 0 aliphatic carbocycles. The number of carbonyl (C=O) groups is 2. The van der Waals surface area contributed by atoms with Crippen LogP contribution in [0.3, 0.4) is 0 Å². The van der Waals surface area contributed by atoms with Gasteiger partial charge in [-0.1, -0.05) is 130 Å². The molecule has 0 aliphatic rings.